The van der Waals surface area contributed by atoms with Crippen molar-refractivity contribution in [3.05, 3.63) is 0 Å². The average molecular weight is 247 g/mol. The first-order chi connectivity index (χ1) is 7.50. The lowest BCUT2D eigenvalue weighted by Gasteiger charge is -2.25. The molecule has 0 radical (unpaired) electrons. The molecule has 6 heteroatoms. The summed E-state index contributed by atoms with van der Waals surface area (Å²) in [6.45, 7) is 3.37. The van der Waals surface area contributed by atoms with Crippen molar-refractivity contribution in [2.45, 2.75) is 19.8 Å². The molecular weight excluding hydrogens is 226 g/mol. The SMILES string of the molecule is C#CCN(CCC)S(=O)(=O)N(C)CCCN. The van der Waals surface area contributed by atoms with E-state index in [0.717, 1.165) is 6.42 Å². The van der Waals surface area contributed by atoms with E-state index in [1.807, 2.05) is 6.92 Å². The molecule has 2 N–H and O–H groups in total. The normalized spacial score (nSPS) is 12.0. The van der Waals surface area contributed by atoms with Crippen LogP contribution in [0.2, 0.25) is 0 Å². The summed E-state index contributed by atoms with van der Waals surface area (Å²) in [5.41, 5.74) is 5.35. The van der Waals surface area contributed by atoms with Crippen molar-refractivity contribution in [1.82, 2.24) is 8.61 Å². The fourth-order valence-electron chi connectivity index (χ4n) is 1.25. The Morgan fingerprint density at radius 3 is 2.44 bits per heavy atom. The van der Waals surface area contributed by atoms with E-state index in [1.54, 1.807) is 7.05 Å². The van der Waals surface area contributed by atoms with E-state index in [9.17, 15) is 8.42 Å². The Morgan fingerprint density at radius 1 is 1.38 bits per heavy atom. The maximum absolute atomic E-state index is 12.0. The summed E-state index contributed by atoms with van der Waals surface area (Å²) in [5, 5.41) is 0. The monoisotopic (exact) mass is 247 g/mol. The van der Waals surface area contributed by atoms with Crippen molar-refractivity contribution in [2.24, 2.45) is 5.73 Å². The second kappa shape index (κ2) is 7.63. The highest BCUT2D eigenvalue weighted by molar-refractivity contribution is 7.86. The largest absolute Gasteiger partial charge is 0.330 e. The van der Waals surface area contributed by atoms with Gasteiger partial charge in [-0.1, -0.05) is 12.8 Å². The maximum atomic E-state index is 12.0. The smallest absolute Gasteiger partial charge is 0.282 e. The Balaban J connectivity index is 4.64. The van der Waals surface area contributed by atoms with Gasteiger partial charge in [0.2, 0.25) is 0 Å². The number of hydrogen-bond acceptors (Lipinski definition) is 3. The summed E-state index contributed by atoms with van der Waals surface area (Å²) in [6.07, 6.45) is 6.55. The molecule has 0 bridgehead atoms. The van der Waals surface area contributed by atoms with Gasteiger partial charge in [0.05, 0.1) is 6.54 Å². The highest BCUT2D eigenvalue weighted by Crippen LogP contribution is 2.07. The van der Waals surface area contributed by atoms with Crippen LogP contribution in [0.1, 0.15) is 19.8 Å². The third kappa shape index (κ3) is 4.49. The van der Waals surface area contributed by atoms with E-state index in [1.165, 1.54) is 8.61 Å². The molecular formula is C10H21N3O2S. The second-order valence-corrected chi connectivity index (χ2v) is 5.54. The highest BCUT2D eigenvalue weighted by Gasteiger charge is 2.24. The van der Waals surface area contributed by atoms with Crippen LogP contribution in [0.3, 0.4) is 0 Å². The van der Waals surface area contributed by atoms with Crippen LogP contribution in [0.25, 0.3) is 0 Å². The van der Waals surface area contributed by atoms with E-state index < -0.39 is 10.2 Å². The van der Waals surface area contributed by atoms with Gasteiger partial charge in [0.15, 0.2) is 0 Å². The fourth-order valence-corrected chi connectivity index (χ4v) is 2.66. The summed E-state index contributed by atoms with van der Waals surface area (Å²) in [6, 6.07) is 0. The van der Waals surface area contributed by atoms with Crippen molar-refractivity contribution in [1.29, 1.82) is 0 Å². The summed E-state index contributed by atoms with van der Waals surface area (Å²) in [7, 11) is -1.88. The molecule has 5 nitrogen and oxygen atoms in total. The Bertz CT molecular complexity index is 321. The van der Waals surface area contributed by atoms with Crippen molar-refractivity contribution < 1.29 is 8.42 Å². The van der Waals surface area contributed by atoms with Crippen LogP contribution in [0.15, 0.2) is 0 Å². The van der Waals surface area contributed by atoms with Crippen molar-refractivity contribution in [3.63, 3.8) is 0 Å². The third-order valence-corrected chi connectivity index (χ3v) is 4.07. The van der Waals surface area contributed by atoms with Gasteiger partial charge in [0, 0.05) is 20.1 Å². The van der Waals surface area contributed by atoms with Gasteiger partial charge in [0.25, 0.3) is 10.2 Å². The quantitative estimate of drug-likeness (QED) is 0.607. The minimum absolute atomic E-state index is 0.114. The standard InChI is InChI=1S/C10H21N3O2S/c1-4-8-13(9-5-2)16(14,15)12(3)10-6-7-11/h1H,5-11H2,2-3H3. The fraction of sp³-hybridized carbons (Fsp3) is 0.800. The van der Waals surface area contributed by atoms with Crippen molar-refractivity contribution >= 4 is 10.2 Å². The van der Waals surface area contributed by atoms with Gasteiger partial charge >= 0.3 is 0 Å². The molecule has 0 saturated heterocycles. The molecule has 0 atom stereocenters. The van der Waals surface area contributed by atoms with Crippen LogP contribution < -0.4 is 5.73 Å². The molecule has 16 heavy (non-hydrogen) atoms. The summed E-state index contributed by atoms with van der Waals surface area (Å²) < 4.78 is 26.7. The van der Waals surface area contributed by atoms with Crippen LogP contribution in [-0.2, 0) is 10.2 Å². The van der Waals surface area contributed by atoms with Gasteiger partial charge in [-0.05, 0) is 19.4 Å². The first-order valence-corrected chi connectivity index (χ1v) is 6.75. The molecule has 0 aromatic carbocycles. The summed E-state index contributed by atoms with van der Waals surface area (Å²) >= 11 is 0. The molecule has 0 aromatic heterocycles. The zero-order valence-electron chi connectivity index (χ0n) is 10.0. The first-order valence-electron chi connectivity index (χ1n) is 5.35. The zero-order chi connectivity index (χ0) is 12.6. The van der Waals surface area contributed by atoms with Gasteiger partial charge in [-0.3, -0.25) is 0 Å². The first kappa shape index (κ1) is 15.4. The Morgan fingerprint density at radius 2 is 2.00 bits per heavy atom. The third-order valence-electron chi connectivity index (χ3n) is 2.14. The topological polar surface area (TPSA) is 66.6 Å². The molecule has 0 rings (SSSR count). The van der Waals surface area contributed by atoms with Gasteiger partial charge in [0.1, 0.15) is 0 Å². The highest BCUT2D eigenvalue weighted by atomic mass is 32.2. The minimum atomic E-state index is -3.43. The second-order valence-electron chi connectivity index (χ2n) is 3.51. The summed E-state index contributed by atoms with van der Waals surface area (Å²) in [5.74, 6) is 2.37. The van der Waals surface area contributed by atoms with Crippen LogP contribution in [0, 0.1) is 12.3 Å². The predicted molar refractivity (Wildman–Crippen MR) is 65.9 cm³/mol. The Labute approximate surface area is 98.8 Å². The number of hydrogen-bond donors (Lipinski definition) is 1. The molecule has 0 fully saturated rings. The van der Waals surface area contributed by atoms with Crippen LogP contribution in [-0.4, -0.2) is 50.3 Å². The molecule has 0 saturated carbocycles. The van der Waals surface area contributed by atoms with Crippen LogP contribution in [0.5, 0.6) is 0 Å². The van der Waals surface area contributed by atoms with Crippen LogP contribution >= 0.6 is 0 Å². The molecule has 0 aliphatic rings. The van der Waals surface area contributed by atoms with Gasteiger partial charge in [-0.2, -0.15) is 17.0 Å². The average Bonchev–Trinajstić information content (AvgIpc) is 2.25. The van der Waals surface area contributed by atoms with Crippen molar-refractivity contribution in [3.8, 4) is 12.3 Å². The van der Waals surface area contributed by atoms with Gasteiger partial charge in [-0.15, -0.1) is 6.42 Å². The van der Waals surface area contributed by atoms with E-state index >= 15 is 0 Å². The zero-order valence-corrected chi connectivity index (χ0v) is 10.8. The molecule has 0 amide bonds. The molecule has 94 valence electrons. The van der Waals surface area contributed by atoms with Crippen molar-refractivity contribution in [2.75, 3.05) is 33.2 Å². The molecule has 0 unspecified atom stereocenters. The molecule has 0 aromatic rings. The lowest BCUT2D eigenvalue weighted by atomic mass is 10.4. The maximum Gasteiger partial charge on any atom is 0.282 e. The number of nitrogens with zero attached hydrogens (tertiary/aromatic N) is 2. The summed E-state index contributed by atoms with van der Waals surface area (Å²) in [4.78, 5) is 0. The molecule has 0 aliphatic carbocycles. The Hall–Kier alpha value is -0.610. The number of terminal acetylenes is 1. The van der Waals surface area contributed by atoms with Gasteiger partial charge < -0.3 is 5.73 Å². The predicted octanol–water partition coefficient (Wildman–Crippen LogP) is -0.143. The van der Waals surface area contributed by atoms with Crippen LogP contribution in [0.4, 0.5) is 0 Å². The molecule has 0 aliphatic heterocycles. The van der Waals surface area contributed by atoms with E-state index in [2.05, 4.69) is 5.92 Å². The van der Waals surface area contributed by atoms with E-state index in [-0.39, 0.29) is 6.54 Å². The minimum Gasteiger partial charge on any atom is -0.330 e. The lowest BCUT2D eigenvalue weighted by Crippen LogP contribution is -2.43. The van der Waals surface area contributed by atoms with Gasteiger partial charge in [-0.25, -0.2) is 0 Å². The number of rotatable bonds is 8. The Kier molecular flexibility index (Phi) is 7.34. The lowest BCUT2D eigenvalue weighted by molar-refractivity contribution is 0.377. The molecule has 0 heterocycles. The van der Waals surface area contributed by atoms with E-state index in [0.29, 0.717) is 26.1 Å². The van der Waals surface area contributed by atoms with E-state index in [4.69, 9.17) is 12.2 Å². The number of nitrogens with two attached hydrogens (primary N) is 1. The molecule has 0 spiro atoms.